The lowest BCUT2D eigenvalue weighted by atomic mass is 9.98. The molecule has 1 saturated heterocycles. The molecule has 0 aromatic rings. The second-order valence-electron chi connectivity index (χ2n) is 5.86. The molecule has 0 aromatic carbocycles. The Balaban J connectivity index is 2.34. The fourth-order valence-electron chi connectivity index (χ4n) is 2.82. The van der Waals surface area contributed by atoms with Crippen molar-refractivity contribution in [2.24, 2.45) is 5.92 Å². The quantitative estimate of drug-likeness (QED) is 0.605. The van der Waals surface area contributed by atoms with Crippen molar-refractivity contribution in [1.29, 1.82) is 0 Å². The van der Waals surface area contributed by atoms with Crippen LogP contribution in [0.4, 0.5) is 0 Å². The van der Waals surface area contributed by atoms with E-state index in [1.165, 1.54) is 25.7 Å². The number of amides is 1. The highest BCUT2D eigenvalue weighted by atomic mass is 16.3. The normalized spacial score (nSPS) is 19.0. The highest BCUT2D eigenvalue weighted by Crippen LogP contribution is 2.15. The minimum Gasteiger partial charge on any atom is -0.396 e. The van der Waals surface area contributed by atoms with Gasteiger partial charge in [0.25, 0.3) is 0 Å². The van der Waals surface area contributed by atoms with Crippen LogP contribution in [0.1, 0.15) is 58.3 Å². The summed E-state index contributed by atoms with van der Waals surface area (Å²) in [5.41, 5.74) is 0. The molecule has 2 N–H and O–H groups in total. The molecule has 0 spiro atoms. The van der Waals surface area contributed by atoms with Crippen molar-refractivity contribution < 1.29 is 9.90 Å². The van der Waals surface area contributed by atoms with Crippen molar-refractivity contribution >= 4 is 5.91 Å². The fourth-order valence-corrected chi connectivity index (χ4v) is 2.82. The zero-order valence-electron chi connectivity index (χ0n) is 13.1. The molecule has 1 amide bonds. The van der Waals surface area contributed by atoms with Crippen LogP contribution >= 0.6 is 0 Å². The average Bonchev–Trinajstić information content (AvgIpc) is 2.50. The van der Waals surface area contributed by atoms with Crippen LogP contribution < -0.4 is 5.32 Å². The smallest absolute Gasteiger partial charge is 0.226 e. The topological polar surface area (TPSA) is 52.6 Å². The predicted molar refractivity (Wildman–Crippen MR) is 82.6 cm³/mol. The molecule has 1 rings (SSSR count). The van der Waals surface area contributed by atoms with Gasteiger partial charge in [-0.1, -0.05) is 32.6 Å². The molecule has 1 fully saturated rings. The first kappa shape index (κ1) is 17.4. The average molecular weight is 284 g/mol. The second-order valence-corrected chi connectivity index (χ2v) is 5.86. The number of rotatable bonds is 10. The van der Waals surface area contributed by atoms with E-state index in [-0.39, 0.29) is 12.5 Å². The van der Waals surface area contributed by atoms with Crippen LogP contribution in [0.25, 0.3) is 0 Å². The van der Waals surface area contributed by atoms with Crippen molar-refractivity contribution in [2.75, 3.05) is 32.8 Å². The molecular weight excluding hydrogens is 252 g/mol. The van der Waals surface area contributed by atoms with E-state index >= 15 is 0 Å². The van der Waals surface area contributed by atoms with Gasteiger partial charge in [0.05, 0.1) is 5.92 Å². The Morgan fingerprint density at radius 3 is 2.60 bits per heavy atom. The zero-order valence-corrected chi connectivity index (χ0v) is 13.1. The Kier molecular flexibility index (Phi) is 9.67. The van der Waals surface area contributed by atoms with Gasteiger partial charge in [-0.3, -0.25) is 4.79 Å². The molecule has 1 aliphatic heterocycles. The molecule has 118 valence electrons. The van der Waals surface area contributed by atoms with Crippen LogP contribution in [0.3, 0.4) is 0 Å². The van der Waals surface area contributed by atoms with Crippen molar-refractivity contribution in [2.45, 2.75) is 58.3 Å². The molecule has 1 aliphatic rings. The van der Waals surface area contributed by atoms with Gasteiger partial charge in [0.15, 0.2) is 0 Å². The van der Waals surface area contributed by atoms with Crippen LogP contribution in [-0.4, -0.2) is 48.7 Å². The van der Waals surface area contributed by atoms with E-state index in [2.05, 4.69) is 12.2 Å². The van der Waals surface area contributed by atoms with E-state index in [9.17, 15) is 4.79 Å². The van der Waals surface area contributed by atoms with Crippen molar-refractivity contribution in [1.82, 2.24) is 10.2 Å². The van der Waals surface area contributed by atoms with Gasteiger partial charge in [-0.25, -0.2) is 0 Å². The minimum atomic E-state index is 0.151. The minimum absolute atomic E-state index is 0.151. The van der Waals surface area contributed by atoms with E-state index < -0.39 is 0 Å². The Hall–Kier alpha value is -0.610. The number of aliphatic hydroxyl groups excluding tert-OH is 1. The van der Waals surface area contributed by atoms with Crippen LogP contribution in [0.2, 0.25) is 0 Å². The lowest BCUT2D eigenvalue weighted by Crippen LogP contribution is -2.44. The monoisotopic (exact) mass is 284 g/mol. The first-order valence-electron chi connectivity index (χ1n) is 8.40. The predicted octanol–water partition coefficient (Wildman–Crippen LogP) is 2.17. The highest BCUT2D eigenvalue weighted by molar-refractivity contribution is 5.79. The van der Waals surface area contributed by atoms with Crippen LogP contribution in [-0.2, 0) is 4.79 Å². The second kappa shape index (κ2) is 11.1. The van der Waals surface area contributed by atoms with Crippen molar-refractivity contribution in [3.63, 3.8) is 0 Å². The third kappa shape index (κ3) is 6.71. The summed E-state index contributed by atoms with van der Waals surface area (Å²) in [6.45, 7) is 5.82. The molecule has 1 heterocycles. The van der Waals surface area contributed by atoms with Gasteiger partial charge in [-0.2, -0.15) is 0 Å². The van der Waals surface area contributed by atoms with Gasteiger partial charge in [0, 0.05) is 26.2 Å². The Morgan fingerprint density at radius 2 is 1.95 bits per heavy atom. The number of nitrogens with one attached hydrogen (secondary N) is 1. The molecule has 0 aromatic heterocycles. The number of nitrogens with zero attached hydrogens (tertiary/aromatic N) is 1. The highest BCUT2D eigenvalue weighted by Gasteiger charge is 2.25. The van der Waals surface area contributed by atoms with E-state index in [4.69, 9.17) is 5.11 Å². The van der Waals surface area contributed by atoms with Gasteiger partial charge < -0.3 is 15.3 Å². The molecule has 0 radical (unpaired) electrons. The van der Waals surface area contributed by atoms with Gasteiger partial charge >= 0.3 is 0 Å². The lowest BCUT2D eigenvalue weighted by Gasteiger charge is -2.29. The molecule has 20 heavy (non-hydrogen) atoms. The number of hydrogen-bond acceptors (Lipinski definition) is 3. The van der Waals surface area contributed by atoms with Gasteiger partial charge in [-0.15, -0.1) is 0 Å². The molecule has 0 saturated carbocycles. The molecule has 4 nitrogen and oxygen atoms in total. The molecule has 4 heteroatoms. The summed E-state index contributed by atoms with van der Waals surface area (Å²) in [7, 11) is 0. The first-order valence-corrected chi connectivity index (χ1v) is 8.40. The summed E-state index contributed by atoms with van der Waals surface area (Å²) in [4.78, 5) is 14.5. The van der Waals surface area contributed by atoms with Crippen molar-refractivity contribution in [3.05, 3.63) is 0 Å². The molecule has 1 atom stereocenters. The number of aliphatic hydroxyl groups is 1. The maximum absolute atomic E-state index is 12.5. The SMILES string of the molecule is CCCCCCCN(CCCO)C(=O)C1CCCNC1. The number of hydrogen-bond donors (Lipinski definition) is 2. The van der Waals surface area contributed by atoms with E-state index in [1.807, 2.05) is 4.90 Å². The third-order valence-electron chi connectivity index (χ3n) is 4.08. The first-order chi connectivity index (χ1) is 9.79. The molecule has 1 unspecified atom stereocenters. The largest absolute Gasteiger partial charge is 0.396 e. The van der Waals surface area contributed by atoms with Crippen LogP contribution in [0.5, 0.6) is 0 Å². The number of piperidine rings is 1. The maximum Gasteiger partial charge on any atom is 0.226 e. The van der Waals surface area contributed by atoms with Crippen molar-refractivity contribution in [3.8, 4) is 0 Å². The van der Waals surface area contributed by atoms with E-state index in [0.29, 0.717) is 18.9 Å². The third-order valence-corrected chi connectivity index (χ3v) is 4.08. The Labute approximate surface area is 123 Å². The number of carbonyl (C=O) groups is 1. The standard InChI is InChI=1S/C16H32N2O2/c1-2-3-4-5-6-11-18(12-8-13-19)16(20)15-9-7-10-17-14-15/h15,17,19H,2-14H2,1H3. The Bertz CT molecular complexity index is 253. The summed E-state index contributed by atoms with van der Waals surface area (Å²) in [5, 5.41) is 12.3. The molecule has 0 bridgehead atoms. The molecular formula is C16H32N2O2. The van der Waals surface area contributed by atoms with E-state index in [0.717, 1.165) is 38.9 Å². The van der Waals surface area contributed by atoms with Crippen LogP contribution in [0.15, 0.2) is 0 Å². The lowest BCUT2D eigenvalue weighted by molar-refractivity contribution is -0.136. The van der Waals surface area contributed by atoms with E-state index in [1.54, 1.807) is 0 Å². The number of unbranched alkanes of at least 4 members (excludes halogenated alkanes) is 4. The van der Waals surface area contributed by atoms with Crippen LogP contribution in [0, 0.1) is 5.92 Å². The van der Waals surface area contributed by atoms with Gasteiger partial charge in [-0.05, 0) is 32.2 Å². The fraction of sp³-hybridized carbons (Fsp3) is 0.938. The summed E-state index contributed by atoms with van der Waals surface area (Å²) in [6.07, 6.45) is 8.91. The molecule has 0 aliphatic carbocycles. The summed E-state index contributed by atoms with van der Waals surface area (Å²) < 4.78 is 0. The number of carbonyl (C=O) groups excluding carboxylic acids is 1. The summed E-state index contributed by atoms with van der Waals surface area (Å²) >= 11 is 0. The zero-order chi connectivity index (χ0) is 14.6. The van der Waals surface area contributed by atoms with Gasteiger partial charge in [0.1, 0.15) is 0 Å². The summed E-state index contributed by atoms with van der Waals surface area (Å²) in [6, 6.07) is 0. The maximum atomic E-state index is 12.5. The Morgan fingerprint density at radius 1 is 1.20 bits per heavy atom. The summed E-state index contributed by atoms with van der Waals surface area (Å²) in [5.74, 6) is 0.444. The van der Waals surface area contributed by atoms with Gasteiger partial charge in [0.2, 0.25) is 5.91 Å².